The molecule has 1 heterocycles. The van der Waals surface area contributed by atoms with Gasteiger partial charge in [-0.3, -0.25) is 0 Å². The number of nitrogens with zero attached hydrogens (tertiary/aromatic N) is 1. The lowest BCUT2D eigenvalue weighted by Crippen LogP contribution is -2.44. The van der Waals surface area contributed by atoms with Gasteiger partial charge >= 0.3 is 0 Å². The van der Waals surface area contributed by atoms with Gasteiger partial charge < -0.3 is 15.3 Å². The van der Waals surface area contributed by atoms with E-state index < -0.39 is 5.82 Å². The van der Waals surface area contributed by atoms with Crippen molar-refractivity contribution in [1.82, 2.24) is 5.32 Å². The Morgan fingerprint density at radius 1 is 1.17 bits per heavy atom. The zero-order valence-electron chi connectivity index (χ0n) is 13.5. The average molecular weight is 349 g/mol. The maximum atomic E-state index is 13.6. The SMILES string of the molecule is OCC(NC1CCN(c2ccccc2)CC1)c1ccc(Cl)c(F)c1. The van der Waals surface area contributed by atoms with Gasteiger partial charge in [-0.1, -0.05) is 35.9 Å². The van der Waals surface area contributed by atoms with Crippen molar-refractivity contribution in [2.45, 2.75) is 24.9 Å². The highest BCUT2D eigenvalue weighted by molar-refractivity contribution is 6.30. The van der Waals surface area contributed by atoms with Crippen molar-refractivity contribution in [2.24, 2.45) is 0 Å². The van der Waals surface area contributed by atoms with Gasteiger partial charge in [0.05, 0.1) is 17.7 Å². The highest BCUT2D eigenvalue weighted by Gasteiger charge is 2.22. The predicted molar refractivity (Wildman–Crippen MR) is 96.0 cm³/mol. The second kappa shape index (κ2) is 7.97. The van der Waals surface area contributed by atoms with Crippen molar-refractivity contribution >= 4 is 17.3 Å². The standard InChI is InChI=1S/C19H22ClFN2O/c20-17-7-6-14(12-18(17)21)19(13-24)22-15-8-10-23(11-9-15)16-4-2-1-3-5-16/h1-7,12,15,19,22,24H,8-11,13H2. The molecule has 0 spiro atoms. The molecule has 0 saturated carbocycles. The molecule has 1 unspecified atom stereocenters. The van der Waals surface area contributed by atoms with E-state index in [4.69, 9.17) is 11.6 Å². The Morgan fingerprint density at radius 3 is 2.50 bits per heavy atom. The first kappa shape index (κ1) is 17.2. The number of piperidine rings is 1. The Labute approximate surface area is 147 Å². The average Bonchev–Trinajstić information content (AvgIpc) is 2.63. The van der Waals surface area contributed by atoms with Crippen LogP contribution in [0.1, 0.15) is 24.4 Å². The van der Waals surface area contributed by atoms with Crippen LogP contribution in [0.3, 0.4) is 0 Å². The van der Waals surface area contributed by atoms with E-state index >= 15 is 0 Å². The predicted octanol–water partition coefficient (Wildman–Crippen LogP) is 3.77. The van der Waals surface area contributed by atoms with Gasteiger partial charge in [0.25, 0.3) is 0 Å². The van der Waals surface area contributed by atoms with Crippen molar-refractivity contribution in [3.05, 3.63) is 64.9 Å². The number of nitrogens with one attached hydrogen (secondary N) is 1. The first-order valence-electron chi connectivity index (χ1n) is 8.29. The van der Waals surface area contributed by atoms with Gasteiger partial charge in [0.1, 0.15) is 5.82 Å². The van der Waals surface area contributed by atoms with Crippen molar-refractivity contribution in [3.63, 3.8) is 0 Å². The van der Waals surface area contributed by atoms with Gasteiger partial charge in [-0.25, -0.2) is 4.39 Å². The molecule has 0 amide bonds. The Bertz CT molecular complexity index is 660. The minimum Gasteiger partial charge on any atom is -0.394 e. The fraction of sp³-hybridized carbons (Fsp3) is 0.368. The second-order valence-electron chi connectivity index (χ2n) is 6.17. The number of halogens is 2. The van der Waals surface area contributed by atoms with Crippen LogP contribution < -0.4 is 10.2 Å². The lowest BCUT2D eigenvalue weighted by Gasteiger charge is -2.35. The van der Waals surface area contributed by atoms with Gasteiger partial charge in [-0.2, -0.15) is 0 Å². The monoisotopic (exact) mass is 348 g/mol. The molecule has 0 aliphatic carbocycles. The third-order valence-corrected chi connectivity index (χ3v) is 4.89. The zero-order chi connectivity index (χ0) is 16.9. The summed E-state index contributed by atoms with van der Waals surface area (Å²) in [5.41, 5.74) is 1.97. The lowest BCUT2D eigenvalue weighted by atomic mass is 10.0. The zero-order valence-corrected chi connectivity index (χ0v) is 14.2. The van der Waals surface area contributed by atoms with E-state index in [2.05, 4.69) is 34.5 Å². The quantitative estimate of drug-likeness (QED) is 0.863. The van der Waals surface area contributed by atoms with Crippen molar-refractivity contribution < 1.29 is 9.50 Å². The molecule has 0 radical (unpaired) electrons. The summed E-state index contributed by atoms with van der Waals surface area (Å²) >= 11 is 5.73. The summed E-state index contributed by atoms with van der Waals surface area (Å²) in [4.78, 5) is 2.37. The summed E-state index contributed by atoms with van der Waals surface area (Å²) in [5.74, 6) is -0.451. The maximum absolute atomic E-state index is 13.6. The van der Waals surface area contributed by atoms with Crippen molar-refractivity contribution in [3.8, 4) is 0 Å². The molecule has 1 aliphatic rings. The van der Waals surface area contributed by atoms with Crippen LogP contribution in [0.25, 0.3) is 0 Å². The molecule has 5 heteroatoms. The number of hydrogen-bond acceptors (Lipinski definition) is 3. The number of rotatable bonds is 5. The van der Waals surface area contributed by atoms with Gasteiger partial charge in [0, 0.05) is 24.8 Å². The molecule has 1 fully saturated rings. The Kier molecular flexibility index (Phi) is 5.72. The molecule has 3 nitrogen and oxygen atoms in total. The summed E-state index contributed by atoms with van der Waals surface area (Å²) < 4.78 is 13.6. The summed E-state index contributed by atoms with van der Waals surface area (Å²) in [6.07, 6.45) is 1.98. The first-order valence-corrected chi connectivity index (χ1v) is 8.67. The molecular formula is C19H22ClFN2O. The number of para-hydroxylation sites is 1. The van der Waals surface area contributed by atoms with Crippen molar-refractivity contribution in [1.29, 1.82) is 0 Å². The van der Waals surface area contributed by atoms with E-state index in [9.17, 15) is 9.50 Å². The highest BCUT2D eigenvalue weighted by Crippen LogP contribution is 2.24. The molecule has 2 N–H and O–H groups in total. The minimum absolute atomic E-state index is 0.0695. The smallest absolute Gasteiger partial charge is 0.142 e. The topological polar surface area (TPSA) is 35.5 Å². The molecule has 1 aliphatic heterocycles. The third kappa shape index (κ3) is 4.07. The maximum Gasteiger partial charge on any atom is 0.142 e. The second-order valence-corrected chi connectivity index (χ2v) is 6.58. The van der Waals surface area contributed by atoms with Gasteiger partial charge in [-0.05, 0) is 42.7 Å². The fourth-order valence-electron chi connectivity index (χ4n) is 3.21. The van der Waals surface area contributed by atoms with Gasteiger partial charge in [0.2, 0.25) is 0 Å². The number of anilines is 1. The summed E-state index contributed by atoms with van der Waals surface area (Å²) in [6.45, 7) is 1.86. The molecule has 2 aromatic carbocycles. The molecule has 3 rings (SSSR count). The van der Waals surface area contributed by atoms with Gasteiger partial charge in [0.15, 0.2) is 0 Å². The van der Waals surface area contributed by atoms with Gasteiger partial charge in [-0.15, -0.1) is 0 Å². The Morgan fingerprint density at radius 2 is 1.88 bits per heavy atom. The molecule has 1 saturated heterocycles. The number of benzene rings is 2. The van der Waals surface area contributed by atoms with Crippen LogP contribution in [0, 0.1) is 5.82 Å². The molecule has 24 heavy (non-hydrogen) atoms. The largest absolute Gasteiger partial charge is 0.394 e. The molecule has 2 aromatic rings. The molecule has 1 atom stereocenters. The molecule has 128 valence electrons. The Hall–Kier alpha value is -1.62. The van der Waals surface area contributed by atoms with Crippen LogP contribution in [0.15, 0.2) is 48.5 Å². The molecule has 0 bridgehead atoms. The van der Waals surface area contributed by atoms with E-state index in [-0.39, 0.29) is 17.7 Å². The summed E-state index contributed by atoms with van der Waals surface area (Å²) in [7, 11) is 0. The highest BCUT2D eigenvalue weighted by atomic mass is 35.5. The van der Waals surface area contributed by atoms with Crippen LogP contribution >= 0.6 is 11.6 Å². The third-order valence-electron chi connectivity index (χ3n) is 4.58. The number of hydrogen-bond donors (Lipinski definition) is 2. The van der Waals surface area contributed by atoms with Crippen LogP contribution in [-0.2, 0) is 0 Å². The fourth-order valence-corrected chi connectivity index (χ4v) is 3.33. The van der Waals surface area contributed by atoms with Crippen LogP contribution in [-0.4, -0.2) is 30.8 Å². The van der Waals surface area contributed by atoms with Crippen molar-refractivity contribution in [2.75, 3.05) is 24.6 Å². The summed E-state index contributed by atoms with van der Waals surface area (Å²) in [5, 5.41) is 13.2. The van der Waals surface area contributed by atoms with E-state index in [1.807, 2.05) is 6.07 Å². The molecule has 0 aromatic heterocycles. The normalized spacial score (nSPS) is 17.0. The van der Waals surface area contributed by atoms with Crippen LogP contribution in [0.5, 0.6) is 0 Å². The van der Waals surface area contributed by atoms with E-state index in [1.165, 1.54) is 17.8 Å². The first-order chi connectivity index (χ1) is 11.7. The Balaban J connectivity index is 1.59. The van der Waals surface area contributed by atoms with E-state index in [0.29, 0.717) is 6.04 Å². The lowest BCUT2D eigenvalue weighted by molar-refractivity contribution is 0.225. The van der Waals surface area contributed by atoms with Crippen LogP contribution in [0.2, 0.25) is 5.02 Å². The number of aliphatic hydroxyl groups is 1. The number of aliphatic hydroxyl groups excluding tert-OH is 1. The van der Waals surface area contributed by atoms with Crippen LogP contribution in [0.4, 0.5) is 10.1 Å². The molecular weight excluding hydrogens is 327 g/mol. The minimum atomic E-state index is -0.451. The summed E-state index contributed by atoms with van der Waals surface area (Å²) in [6, 6.07) is 15.1. The van der Waals surface area contributed by atoms with E-state index in [0.717, 1.165) is 31.5 Å². The van der Waals surface area contributed by atoms with E-state index in [1.54, 1.807) is 6.07 Å².